The second-order valence-corrected chi connectivity index (χ2v) is 3.46. The normalized spacial score (nSPS) is 12.1. The maximum absolute atomic E-state index is 11.8. The first-order chi connectivity index (χ1) is 6.88. The van der Waals surface area contributed by atoms with Crippen molar-refractivity contribution in [3.8, 4) is 5.75 Å². The molecule has 3 nitrogen and oxygen atoms in total. The molecule has 15 heavy (non-hydrogen) atoms. The van der Waals surface area contributed by atoms with Crippen molar-refractivity contribution >= 4 is 0 Å². The van der Waals surface area contributed by atoms with Crippen molar-refractivity contribution in [3.05, 3.63) is 12.4 Å². The number of hydrogen-bond donors (Lipinski definition) is 0. The third-order valence-corrected chi connectivity index (χ3v) is 1.76. The van der Waals surface area contributed by atoms with E-state index >= 15 is 0 Å². The molecular weight excluding hydrogens is 209 g/mol. The third kappa shape index (κ3) is 4.22. The number of hydrogen-bond acceptors (Lipinski definition) is 2. The molecule has 0 saturated heterocycles. The highest BCUT2D eigenvalue weighted by Crippen LogP contribution is 2.20. The summed E-state index contributed by atoms with van der Waals surface area (Å²) in [4.78, 5) is 0. The van der Waals surface area contributed by atoms with Crippen molar-refractivity contribution in [2.45, 2.75) is 32.5 Å². The Bertz CT molecular complexity index is 307. The largest absolute Gasteiger partial charge is 0.490 e. The summed E-state index contributed by atoms with van der Waals surface area (Å²) in [5.41, 5.74) is 0. The van der Waals surface area contributed by atoms with E-state index in [0.717, 1.165) is 0 Å². The first-order valence-electron chi connectivity index (χ1n) is 4.62. The van der Waals surface area contributed by atoms with Gasteiger partial charge in [0, 0.05) is 6.04 Å². The van der Waals surface area contributed by atoms with Crippen LogP contribution in [0.4, 0.5) is 13.2 Å². The van der Waals surface area contributed by atoms with Crippen LogP contribution >= 0.6 is 0 Å². The molecule has 0 aromatic carbocycles. The first-order valence-corrected chi connectivity index (χ1v) is 4.62. The smallest absolute Gasteiger partial charge is 0.392 e. The van der Waals surface area contributed by atoms with Crippen molar-refractivity contribution in [1.29, 1.82) is 0 Å². The molecule has 86 valence electrons. The van der Waals surface area contributed by atoms with Crippen LogP contribution in [0.5, 0.6) is 5.75 Å². The summed E-state index contributed by atoms with van der Waals surface area (Å²) in [7, 11) is 0. The molecule has 0 radical (unpaired) electrons. The molecule has 0 N–H and O–H groups in total. The van der Waals surface area contributed by atoms with Crippen LogP contribution in [0, 0.1) is 0 Å². The summed E-state index contributed by atoms with van der Waals surface area (Å²) in [6.45, 7) is 3.48. The van der Waals surface area contributed by atoms with Gasteiger partial charge in [-0.3, -0.25) is 4.68 Å². The summed E-state index contributed by atoms with van der Waals surface area (Å²) in [5, 5.41) is 3.94. The van der Waals surface area contributed by atoms with Gasteiger partial charge in [0.2, 0.25) is 0 Å². The quantitative estimate of drug-likeness (QED) is 0.783. The average Bonchev–Trinajstić information content (AvgIpc) is 2.50. The van der Waals surface area contributed by atoms with Crippen molar-refractivity contribution < 1.29 is 17.9 Å². The van der Waals surface area contributed by atoms with Crippen LogP contribution in [0.2, 0.25) is 0 Å². The van der Waals surface area contributed by atoms with Crippen LogP contribution < -0.4 is 4.74 Å². The molecule has 0 saturated carbocycles. The zero-order chi connectivity index (χ0) is 11.5. The lowest BCUT2D eigenvalue weighted by molar-refractivity contribution is -0.139. The SMILES string of the molecule is CC(C)n1cc(OCCC(F)(F)F)cn1. The summed E-state index contributed by atoms with van der Waals surface area (Å²) >= 11 is 0. The Balaban J connectivity index is 2.38. The van der Waals surface area contributed by atoms with E-state index in [1.165, 1.54) is 6.20 Å². The zero-order valence-electron chi connectivity index (χ0n) is 8.58. The molecule has 0 fully saturated rings. The lowest BCUT2D eigenvalue weighted by Crippen LogP contribution is -2.12. The van der Waals surface area contributed by atoms with Crippen molar-refractivity contribution in [1.82, 2.24) is 9.78 Å². The molecule has 1 rings (SSSR count). The minimum Gasteiger partial charge on any atom is -0.490 e. The molecule has 0 atom stereocenters. The highest BCUT2D eigenvalue weighted by Gasteiger charge is 2.26. The molecule has 0 amide bonds. The number of nitrogens with zero attached hydrogens (tertiary/aromatic N) is 2. The predicted octanol–water partition coefficient (Wildman–Crippen LogP) is 2.80. The number of ether oxygens (including phenoxy) is 1. The van der Waals surface area contributed by atoms with Gasteiger partial charge in [0.05, 0.1) is 25.4 Å². The van der Waals surface area contributed by atoms with Gasteiger partial charge in [-0.2, -0.15) is 18.3 Å². The maximum Gasteiger partial charge on any atom is 0.392 e. The molecule has 0 bridgehead atoms. The van der Waals surface area contributed by atoms with E-state index in [0.29, 0.717) is 5.75 Å². The second kappa shape index (κ2) is 4.55. The number of alkyl halides is 3. The van der Waals surface area contributed by atoms with Gasteiger partial charge >= 0.3 is 6.18 Å². The standard InChI is InChI=1S/C9H13F3N2O/c1-7(2)14-6-8(5-13-14)15-4-3-9(10,11)12/h5-7H,3-4H2,1-2H3. The second-order valence-electron chi connectivity index (χ2n) is 3.46. The van der Waals surface area contributed by atoms with Gasteiger partial charge in [0.25, 0.3) is 0 Å². The molecule has 1 aromatic rings. The molecule has 0 spiro atoms. The molecule has 1 heterocycles. The Kier molecular flexibility index (Phi) is 3.60. The monoisotopic (exact) mass is 222 g/mol. The van der Waals surface area contributed by atoms with Gasteiger partial charge in [-0.1, -0.05) is 0 Å². The van der Waals surface area contributed by atoms with Gasteiger partial charge < -0.3 is 4.74 Å². The van der Waals surface area contributed by atoms with Crippen LogP contribution in [0.25, 0.3) is 0 Å². The van der Waals surface area contributed by atoms with Crippen LogP contribution in [-0.4, -0.2) is 22.6 Å². The highest BCUT2D eigenvalue weighted by molar-refractivity contribution is 5.11. The lowest BCUT2D eigenvalue weighted by Gasteiger charge is -2.06. The molecule has 0 aliphatic heterocycles. The van der Waals surface area contributed by atoms with E-state index in [1.54, 1.807) is 10.9 Å². The fourth-order valence-corrected chi connectivity index (χ4v) is 0.962. The van der Waals surface area contributed by atoms with E-state index in [2.05, 4.69) is 5.10 Å². The molecule has 1 aromatic heterocycles. The van der Waals surface area contributed by atoms with Crippen LogP contribution in [0.1, 0.15) is 26.3 Å². The van der Waals surface area contributed by atoms with Gasteiger partial charge in [0.15, 0.2) is 5.75 Å². The number of aromatic nitrogens is 2. The minimum absolute atomic E-state index is 0.171. The summed E-state index contributed by atoms with van der Waals surface area (Å²) in [6, 6.07) is 0.171. The van der Waals surface area contributed by atoms with E-state index in [9.17, 15) is 13.2 Å². The van der Waals surface area contributed by atoms with E-state index in [-0.39, 0.29) is 12.6 Å². The van der Waals surface area contributed by atoms with Gasteiger partial charge in [0.1, 0.15) is 0 Å². The fourth-order valence-electron chi connectivity index (χ4n) is 0.962. The molecular formula is C9H13F3N2O. The molecule has 0 aliphatic rings. The Morgan fingerprint density at radius 3 is 2.60 bits per heavy atom. The van der Waals surface area contributed by atoms with Crippen molar-refractivity contribution in [3.63, 3.8) is 0 Å². The lowest BCUT2D eigenvalue weighted by atomic mass is 10.4. The summed E-state index contributed by atoms with van der Waals surface area (Å²) in [5.74, 6) is 0.368. The predicted molar refractivity (Wildman–Crippen MR) is 48.8 cm³/mol. The van der Waals surface area contributed by atoms with E-state index < -0.39 is 12.6 Å². The molecule has 0 aliphatic carbocycles. The Morgan fingerprint density at radius 1 is 1.47 bits per heavy atom. The Labute approximate surface area is 85.8 Å². The van der Waals surface area contributed by atoms with Gasteiger partial charge in [-0.05, 0) is 13.8 Å². The number of rotatable bonds is 4. The van der Waals surface area contributed by atoms with Crippen LogP contribution in [0.15, 0.2) is 12.4 Å². The van der Waals surface area contributed by atoms with Crippen molar-refractivity contribution in [2.75, 3.05) is 6.61 Å². The maximum atomic E-state index is 11.8. The first kappa shape index (κ1) is 11.9. The highest BCUT2D eigenvalue weighted by atomic mass is 19.4. The van der Waals surface area contributed by atoms with Gasteiger partial charge in [-0.25, -0.2) is 0 Å². The van der Waals surface area contributed by atoms with Gasteiger partial charge in [-0.15, -0.1) is 0 Å². The third-order valence-electron chi connectivity index (χ3n) is 1.76. The average molecular weight is 222 g/mol. The minimum atomic E-state index is -4.17. The zero-order valence-corrected chi connectivity index (χ0v) is 8.58. The van der Waals surface area contributed by atoms with Crippen LogP contribution in [0.3, 0.4) is 0 Å². The van der Waals surface area contributed by atoms with Crippen LogP contribution in [-0.2, 0) is 0 Å². The Morgan fingerprint density at radius 2 is 2.13 bits per heavy atom. The van der Waals surface area contributed by atoms with Crippen molar-refractivity contribution in [2.24, 2.45) is 0 Å². The topological polar surface area (TPSA) is 27.1 Å². The fraction of sp³-hybridized carbons (Fsp3) is 0.667. The summed E-state index contributed by atoms with van der Waals surface area (Å²) in [6.07, 6.45) is -2.12. The number of halogens is 3. The molecule has 0 unspecified atom stereocenters. The Hall–Kier alpha value is -1.20. The molecule has 6 heteroatoms. The summed E-state index contributed by atoms with van der Waals surface area (Å²) < 4.78 is 41.9. The van der Waals surface area contributed by atoms with E-state index in [1.807, 2.05) is 13.8 Å². The van der Waals surface area contributed by atoms with E-state index in [4.69, 9.17) is 4.74 Å².